The number of benzene rings is 2. The molecule has 7 heteroatoms. The molecule has 0 fully saturated rings. The van der Waals surface area contributed by atoms with Gasteiger partial charge in [-0.25, -0.2) is 8.78 Å². The van der Waals surface area contributed by atoms with E-state index in [1.165, 1.54) is 24.3 Å². The number of halogens is 3. The number of rotatable bonds is 4. The molecule has 2 rings (SSSR count). The minimum absolute atomic E-state index is 0.112. The molecule has 0 amide bonds. The van der Waals surface area contributed by atoms with E-state index in [9.17, 15) is 18.9 Å². The van der Waals surface area contributed by atoms with Crippen molar-refractivity contribution in [1.29, 1.82) is 0 Å². The molecule has 0 aliphatic heterocycles. The van der Waals surface area contributed by atoms with Crippen molar-refractivity contribution in [2.75, 3.05) is 5.32 Å². The number of nitro benzene ring substituents is 1. The van der Waals surface area contributed by atoms with Crippen molar-refractivity contribution in [3.8, 4) is 0 Å². The molecule has 1 N–H and O–H groups in total. The number of nitrogens with zero attached hydrogens (tertiary/aromatic N) is 1. The Bertz CT molecular complexity index is 695. The van der Waals surface area contributed by atoms with Gasteiger partial charge in [0.25, 0.3) is 5.69 Å². The molecule has 0 aromatic heterocycles. The Morgan fingerprint density at radius 3 is 2.52 bits per heavy atom. The topological polar surface area (TPSA) is 55.2 Å². The third kappa shape index (κ3) is 3.46. The minimum Gasteiger partial charge on any atom is -0.377 e. The summed E-state index contributed by atoms with van der Waals surface area (Å²) in [7, 11) is 0. The molecule has 0 bridgehead atoms. The Labute approximate surface area is 124 Å². The van der Waals surface area contributed by atoms with E-state index in [-0.39, 0.29) is 5.69 Å². The number of anilines is 1. The van der Waals surface area contributed by atoms with Crippen molar-refractivity contribution >= 4 is 23.0 Å². The SMILES string of the molecule is CC(Nc1cc([N+](=O)[O-])ccc1Cl)c1ccc(F)c(F)c1. The van der Waals surface area contributed by atoms with Gasteiger partial charge >= 0.3 is 0 Å². The fourth-order valence-corrected chi connectivity index (χ4v) is 2.01. The summed E-state index contributed by atoms with van der Waals surface area (Å²) in [5, 5.41) is 14.0. The average Bonchev–Trinajstić information content (AvgIpc) is 2.43. The molecular weight excluding hydrogens is 302 g/mol. The van der Waals surface area contributed by atoms with Crippen molar-refractivity contribution < 1.29 is 13.7 Å². The molecular formula is C14H11ClF2N2O2. The third-order valence-corrected chi connectivity index (χ3v) is 3.31. The molecule has 2 aromatic carbocycles. The first kappa shape index (κ1) is 15.2. The summed E-state index contributed by atoms with van der Waals surface area (Å²) in [5.74, 6) is -1.88. The van der Waals surface area contributed by atoms with Crippen LogP contribution in [0.3, 0.4) is 0 Å². The van der Waals surface area contributed by atoms with Gasteiger partial charge in [0.15, 0.2) is 11.6 Å². The molecule has 1 atom stereocenters. The lowest BCUT2D eigenvalue weighted by Crippen LogP contribution is -2.08. The Kier molecular flexibility index (Phi) is 4.37. The lowest BCUT2D eigenvalue weighted by Gasteiger charge is -2.16. The number of hydrogen-bond donors (Lipinski definition) is 1. The van der Waals surface area contributed by atoms with E-state index >= 15 is 0 Å². The van der Waals surface area contributed by atoms with Crippen LogP contribution in [0.1, 0.15) is 18.5 Å². The molecule has 0 spiro atoms. The van der Waals surface area contributed by atoms with Crippen LogP contribution in [0, 0.1) is 21.7 Å². The van der Waals surface area contributed by atoms with E-state index in [1.54, 1.807) is 6.92 Å². The first-order chi connectivity index (χ1) is 9.88. The van der Waals surface area contributed by atoms with E-state index in [4.69, 9.17) is 11.6 Å². The smallest absolute Gasteiger partial charge is 0.271 e. The van der Waals surface area contributed by atoms with Crippen LogP contribution < -0.4 is 5.32 Å². The first-order valence-corrected chi connectivity index (χ1v) is 6.41. The minimum atomic E-state index is -0.953. The van der Waals surface area contributed by atoms with Gasteiger partial charge in [0.2, 0.25) is 0 Å². The van der Waals surface area contributed by atoms with Gasteiger partial charge in [-0.1, -0.05) is 17.7 Å². The summed E-state index contributed by atoms with van der Waals surface area (Å²) in [6.45, 7) is 1.71. The van der Waals surface area contributed by atoms with Crippen LogP contribution in [0.25, 0.3) is 0 Å². The Hall–Kier alpha value is -2.21. The molecule has 4 nitrogen and oxygen atoms in total. The molecule has 0 radical (unpaired) electrons. The van der Waals surface area contributed by atoms with Crippen LogP contribution in [-0.2, 0) is 0 Å². The summed E-state index contributed by atoms with van der Waals surface area (Å²) in [6, 6.07) is 7.10. The molecule has 0 heterocycles. The van der Waals surface area contributed by atoms with E-state index in [2.05, 4.69) is 5.32 Å². The van der Waals surface area contributed by atoms with Crippen molar-refractivity contribution in [1.82, 2.24) is 0 Å². The maximum atomic E-state index is 13.2. The highest BCUT2D eigenvalue weighted by atomic mass is 35.5. The van der Waals surface area contributed by atoms with Crippen LogP contribution >= 0.6 is 11.6 Å². The number of hydrogen-bond acceptors (Lipinski definition) is 3. The lowest BCUT2D eigenvalue weighted by molar-refractivity contribution is -0.384. The van der Waals surface area contributed by atoms with Gasteiger partial charge in [-0.2, -0.15) is 0 Å². The van der Waals surface area contributed by atoms with Crippen LogP contribution in [0.2, 0.25) is 5.02 Å². The van der Waals surface area contributed by atoms with E-state index < -0.39 is 22.6 Å². The highest BCUT2D eigenvalue weighted by Gasteiger charge is 2.14. The van der Waals surface area contributed by atoms with Gasteiger partial charge < -0.3 is 5.32 Å². The molecule has 2 aromatic rings. The molecule has 0 saturated heterocycles. The molecule has 110 valence electrons. The largest absolute Gasteiger partial charge is 0.377 e. The van der Waals surface area contributed by atoms with Crippen LogP contribution in [0.15, 0.2) is 36.4 Å². The molecule has 1 unspecified atom stereocenters. The summed E-state index contributed by atoms with van der Waals surface area (Å²) in [4.78, 5) is 10.2. The zero-order valence-corrected chi connectivity index (χ0v) is 11.7. The number of nitrogens with one attached hydrogen (secondary N) is 1. The highest BCUT2D eigenvalue weighted by molar-refractivity contribution is 6.33. The predicted octanol–water partition coefficient (Wildman–Crippen LogP) is 4.70. The van der Waals surface area contributed by atoms with Gasteiger partial charge in [-0.3, -0.25) is 10.1 Å². The van der Waals surface area contributed by atoms with Gasteiger partial charge in [0, 0.05) is 18.2 Å². The lowest BCUT2D eigenvalue weighted by atomic mass is 10.1. The van der Waals surface area contributed by atoms with E-state index in [0.29, 0.717) is 16.3 Å². The van der Waals surface area contributed by atoms with Crippen molar-refractivity contribution in [2.45, 2.75) is 13.0 Å². The first-order valence-electron chi connectivity index (χ1n) is 6.04. The number of nitro groups is 1. The van der Waals surface area contributed by atoms with Crippen molar-refractivity contribution in [3.05, 3.63) is 68.7 Å². The van der Waals surface area contributed by atoms with Gasteiger partial charge in [0.05, 0.1) is 15.6 Å². The molecule has 0 aliphatic rings. The maximum Gasteiger partial charge on any atom is 0.271 e. The van der Waals surface area contributed by atoms with E-state index in [0.717, 1.165) is 12.1 Å². The summed E-state index contributed by atoms with van der Waals surface area (Å²) >= 11 is 5.97. The van der Waals surface area contributed by atoms with Gasteiger partial charge in [0.1, 0.15) is 0 Å². The highest BCUT2D eigenvalue weighted by Crippen LogP contribution is 2.30. The van der Waals surface area contributed by atoms with Crippen LogP contribution in [0.5, 0.6) is 0 Å². The zero-order chi connectivity index (χ0) is 15.6. The fraction of sp³-hybridized carbons (Fsp3) is 0.143. The molecule has 0 aliphatic carbocycles. The average molecular weight is 313 g/mol. The van der Waals surface area contributed by atoms with Gasteiger partial charge in [-0.15, -0.1) is 0 Å². The third-order valence-electron chi connectivity index (χ3n) is 2.98. The number of non-ortho nitro benzene ring substituents is 1. The molecule has 0 saturated carbocycles. The monoisotopic (exact) mass is 312 g/mol. The summed E-state index contributed by atoms with van der Waals surface area (Å²) in [5.41, 5.74) is 0.735. The Morgan fingerprint density at radius 2 is 1.90 bits per heavy atom. The van der Waals surface area contributed by atoms with Gasteiger partial charge in [-0.05, 0) is 30.7 Å². The van der Waals surface area contributed by atoms with Crippen LogP contribution in [0.4, 0.5) is 20.2 Å². The van der Waals surface area contributed by atoms with Crippen molar-refractivity contribution in [2.24, 2.45) is 0 Å². The van der Waals surface area contributed by atoms with Crippen LogP contribution in [-0.4, -0.2) is 4.92 Å². The normalized spacial score (nSPS) is 12.0. The Morgan fingerprint density at radius 1 is 1.19 bits per heavy atom. The quantitative estimate of drug-likeness (QED) is 0.657. The second-order valence-corrected chi connectivity index (χ2v) is 4.87. The second kappa shape index (κ2) is 6.05. The zero-order valence-electron chi connectivity index (χ0n) is 10.9. The predicted molar refractivity (Wildman–Crippen MR) is 76.5 cm³/mol. The summed E-state index contributed by atoms with van der Waals surface area (Å²) in [6.07, 6.45) is 0. The second-order valence-electron chi connectivity index (χ2n) is 4.46. The fourth-order valence-electron chi connectivity index (χ4n) is 1.84. The Balaban J connectivity index is 2.26. The standard InChI is InChI=1S/C14H11ClF2N2O2/c1-8(9-2-5-12(16)13(17)6-9)18-14-7-10(19(20)21)3-4-11(14)15/h2-8,18H,1H3. The molecule has 21 heavy (non-hydrogen) atoms. The summed E-state index contributed by atoms with van der Waals surface area (Å²) < 4.78 is 26.1. The van der Waals surface area contributed by atoms with Crippen molar-refractivity contribution in [3.63, 3.8) is 0 Å². The maximum absolute atomic E-state index is 13.2. The van der Waals surface area contributed by atoms with E-state index in [1.807, 2.05) is 0 Å².